The van der Waals surface area contributed by atoms with Crippen molar-refractivity contribution in [2.24, 2.45) is 0 Å². The molecule has 2 aromatic rings. The number of carbonyl (C=O) groups is 2. The van der Waals surface area contributed by atoms with Gasteiger partial charge in [0, 0.05) is 35.7 Å². The van der Waals surface area contributed by atoms with Crippen LogP contribution >= 0.6 is 0 Å². The van der Waals surface area contributed by atoms with Crippen molar-refractivity contribution in [1.29, 1.82) is 0 Å². The molecule has 5 N–H and O–H groups in total. The smallest absolute Gasteiger partial charge is 0.198 e. The molecule has 0 fully saturated rings. The number of hydrogen-bond donors (Lipinski definition) is 3. The van der Waals surface area contributed by atoms with Crippen molar-refractivity contribution in [2.45, 2.75) is 13.8 Å². The second kappa shape index (κ2) is 7.17. The monoisotopic (exact) mass is 352 g/mol. The molecule has 0 bridgehead atoms. The Bertz CT molecular complexity index is 872. The zero-order chi connectivity index (χ0) is 18.8. The Hall–Kier alpha value is -2.86. The summed E-state index contributed by atoms with van der Waals surface area (Å²) in [5.74, 6) is -0.517. The average Bonchev–Trinajstić information content (AvgIpc) is 2.65. The zero-order valence-electron chi connectivity index (χ0n) is 15.1. The van der Waals surface area contributed by atoms with E-state index >= 15 is 0 Å². The molecule has 1 aliphatic carbocycles. The maximum atomic E-state index is 13.1. The van der Waals surface area contributed by atoms with Crippen molar-refractivity contribution in [3.63, 3.8) is 0 Å². The van der Waals surface area contributed by atoms with E-state index in [-0.39, 0.29) is 34.1 Å². The van der Waals surface area contributed by atoms with Gasteiger partial charge in [0.25, 0.3) is 0 Å². The minimum atomic E-state index is -0.259. The van der Waals surface area contributed by atoms with E-state index in [1.165, 1.54) is 0 Å². The Balaban J connectivity index is 1.98. The molecule has 3 rings (SSSR count). The third-order valence-electron chi connectivity index (χ3n) is 4.90. The van der Waals surface area contributed by atoms with Crippen LogP contribution in [0, 0.1) is 0 Å². The molecular weight excluding hydrogens is 328 g/mol. The van der Waals surface area contributed by atoms with Gasteiger partial charge in [0.1, 0.15) is 0 Å². The number of rotatable bonds is 6. The van der Waals surface area contributed by atoms with Gasteiger partial charge in [-0.25, -0.2) is 0 Å². The van der Waals surface area contributed by atoms with E-state index in [1.54, 1.807) is 24.3 Å². The van der Waals surface area contributed by atoms with Crippen molar-refractivity contribution in [1.82, 2.24) is 4.90 Å². The molecule has 1 aliphatic rings. The quantitative estimate of drug-likeness (QED) is 0.589. The number of ketones is 2. The molecule has 0 aliphatic heterocycles. The molecule has 0 saturated heterocycles. The summed E-state index contributed by atoms with van der Waals surface area (Å²) in [4.78, 5) is 28.3. The maximum absolute atomic E-state index is 13.1. The van der Waals surface area contributed by atoms with E-state index in [1.807, 2.05) is 6.07 Å². The number of anilines is 3. The maximum Gasteiger partial charge on any atom is 0.198 e. The van der Waals surface area contributed by atoms with Crippen LogP contribution in [0.4, 0.5) is 17.1 Å². The number of likely N-dealkylation sites (N-methyl/N-ethyl adjacent to an activating group) is 1. The van der Waals surface area contributed by atoms with Crippen molar-refractivity contribution >= 4 is 28.6 Å². The van der Waals surface area contributed by atoms with E-state index in [0.717, 1.165) is 19.6 Å². The first-order valence-electron chi connectivity index (χ1n) is 8.86. The van der Waals surface area contributed by atoms with Crippen LogP contribution in [-0.4, -0.2) is 42.6 Å². The van der Waals surface area contributed by atoms with Gasteiger partial charge in [0.2, 0.25) is 0 Å². The van der Waals surface area contributed by atoms with E-state index < -0.39 is 0 Å². The molecule has 0 amide bonds. The van der Waals surface area contributed by atoms with Crippen LogP contribution in [0.1, 0.15) is 45.7 Å². The Morgan fingerprint density at radius 1 is 0.885 bits per heavy atom. The van der Waals surface area contributed by atoms with Crippen LogP contribution in [0.2, 0.25) is 0 Å². The van der Waals surface area contributed by atoms with Crippen molar-refractivity contribution in [3.05, 3.63) is 52.6 Å². The Morgan fingerprint density at radius 2 is 1.50 bits per heavy atom. The molecule has 0 aromatic heterocycles. The van der Waals surface area contributed by atoms with Gasteiger partial charge < -0.3 is 21.7 Å². The van der Waals surface area contributed by atoms with Crippen LogP contribution in [0.15, 0.2) is 30.3 Å². The van der Waals surface area contributed by atoms with Gasteiger partial charge in [-0.15, -0.1) is 0 Å². The normalized spacial score (nSPS) is 12.9. The third kappa shape index (κ3) is 2.93. The van der Waals surface area contributed by atoms with Crippen molar-refractivity contribution in [2.75, 3.05) is 43.0 Å². The summed E-state index contributed by atoms with van der Waals surface area (Å²) in [7, 11) is 0. The molecular formula is C20H24N4O2. The fraction of sp³-hybridized carbons (Fsp3) is 0.300. The van der Waals surface area contributed by atoms with Gasteiger partial charge in [-0.2, -0.15) is 0 Å². The van der Waals surface area contributed by atoms with Crippen LogP contribution in [0.25, 0.3) is 0 Å². The summed E-state index contributed by atoms with van der Waals surface area (Å²) >= 11 is 0. The van der Waals surface area contributed by atoms with Crippen molar-refractivity contribution < 1.29 is 9.59 Å². The molecule has 2 aromatic carbocycles. The largest absolute Gasteiger partial charge is 0.398 e. The minimum Gasteiger partial charge on any atom is -0.398 e. The summed E-state index contributed by atoms with van der Waals surface area (Å²) in [6, 6.07) is 8.39. The minimum absolute atomic E-state index is 0.209. The fourth-order valence-electron chi connectivity index (χ4n) is 3.41. The predicted molar refractivity (Wildman–Crippen MR) is 105 cm³/mol. The van der Waals surface area contributed by atoms with Gasteiger partial charge >= 0.3 is 0 Å². The molecule has 0 heterocycles. The number of nitrogens with zero attached hydrogens (tertiary/aromatic N) is 1. The first-order chi connectivity index (χ1) is 12.5. The van der Waals surface area contributed by atoms with Crippen LogP contribution < -0.4 is 16.8 Å². The average molecular weight is 352 g/mol. The van der Waals surface area contributed by atoms with E-state index in [4.69, 9.17) is 11.5 Å². The third-order valence-corrected chi connectivity index (χ3v) is 4.90. The van der Waals surface area contributed by atoms with E-state index in [2.05, 4.69) is 24.1 Å². The predicted octanol–water partition coefficient (Wildman–Crippen LogP) is 2.38. The molecule has 26 heavy (non-hydrogen) atoms. The second-order valence-electron chi connectivity index (χ2n) is 6.33. The Morgan fingerprint density at radius 3 is 2.12 bits per heavy atom. The van der Waals surface area contributed by atoms with E-state index in [9.17, 15) is 9.59 Å². The van der Waals surface area contributed by atoms with Gasteiger partial charge in [-0.05, 0) is 31.3 Å². The zero-order valence-corrected chi connectivity index (χ0v) is 15.1. The topological polar surface area (TPSA) is 101 Å². The summed E-state index contributed by atoms with van der Waals surface area (Å²) in [6.07, 6.45) is 0. The van der Waals surface area contributed by atoms with Crippen molar-refractivity contribution in [3.8, 4) is 0 Å². The molecule has 0 radical (unpaired) electrons. The lowest BCUT2D eigenvalue weighted by molar-refractivity contribution is 0.0981. The Kier molecular flexibility index (Phi) is 4.95. The highest BCUT2D eigenvalue weighted by atomic mass is 16.1. The number of nitrogen functional groups attached to an aromatic ring is 2. The Labute approximate surface area is 153 Å². The number of fused-ring (bicyclic) bond motifs is 2. The fourth-order valence-corrected chi connectivity index (χ4v) is 3.41. The van der Waals surface area contributed by atoms with Gasteiger partial charge in [0.05, 0.1) is 16.7 Å². The second-order valence-corrected chi connectivity index (χ2v) is 6.33. The first-order valence-corrected chi connectivity index (χ1v) is 8.86. The van der Waals surface area contributed by atoms with Gasteiger partial charge in [0.15, 0.2) is 11.6 Å². The number of nitrogens with one attached hydrogen (secondary N) is 1. The SMILES string of the molecule is CCN(CC)CCNc1cccc2c1C(=O)c1c(N)ccc(N)c1C2=O. The number of nitrogens with two attached hydrogens (primary N) is 2. The molecule has 136 valence electrons. The molecule has 0 unspecified atom stereocenters. The first kappa shape index (κ1) is 17.9. The molecule has 6 nitrogen and oxygen atoms in total. The lowest BCUT2D eigenvalue weighted by Crippen LogP contribution is -2.30. The van der Waals surface area contributed by atoms with Gasteiger partial charge in [-0.1, -0.05) is 26.0 Å². The number of hydrogen-bond acceptors (Lipinski definition) is 6. The van der Waals surface area contributed by atoms with E-state index in [0.29, 0.717) is 23.4 Å². The summed E-state index contributed by atoms with van der Waals surface area (Å²) < 4.78 is 0. The molecule has 0 spiro atoms. The van der Waals surface area contributed by atoms with Crippen LogP contribution in [0.3, 0.4) is 0 Å². The highest BCUT2D eigenvalue weighted by Crippen LogP contribution is 2.36. The lowest BCUT2D eigenvalue weighted by Gasteiger charge is -2.24. The highest BCUT2D eigenvalue weighted by molar-refractivity contribution is 6.33. The molecule has 0 saturated carbocycles. The molecule has 0 atom stereocenters. The summed E-state index contributed by atoms with van der Waals surface area (Å²) in [5, 5.41) is 3.30. The number of carbonyl (C=O) groups excluding carboxylic acids is 2. The number of benzene rings is 2. The standard InChI is InChI=1S/C20H24N4O2/c1-3-24(4-2)11-10-23-15-7-5-6-12-16(15)20(26)18-14(22)9-8-13(21)17(18)19(12)25/h5-9,23H,3-4,10-11,21-22H2,1-2H3. The summed E-state index contributed by atoms with van der Waals surface area (Å²) in [5.41, 5.74) is 14.3. The summed E-state index contributed by atoms with van der Waals surface area (Å²) in [6.45, 7) is 7.68. The highest BCUT2D eigenvalue weighted by Gasteiger charge is 2.34. The van der Waals surface area contributed by atoms with Crippen LogP contribution in [-0.2, 0) is 0 Å². The lowest BCUT2D eigenvalue weighted by atomic mass is 9.81. The van der Waals surface area contributed by atoms with Gasteiger partial charge in [-0.3, -0.25) is 9.59 Å². The molecule has 6 heteroatoms. The van der Waals surface area contributed by atoms with Crippen LogP contribution in [0.5, 0.6) is 0 Å².